The van der Waals surface area contributed by atoms with Gasteiger partial charge in [-0.1, -0.05) is 18.2 Å². The van der Waals surface area contributed by atoms with Crippen LogP contribution in [0.1, 0.15) is 30.1 Å². The predicted octanol–water partition coefficient (Wildman–Crippen LogP) is 0.258. The monoisotopic (exact) mass is 631 g/mol. The summed E-state index contributed by atoms with van der Waals surface area (Å²) in [5.74, 6) is -3.66. The van der Waals surface area contributed by atoms with Crippen molar-refractivity contribution in [1.82, 2.24) is 4.90 Å². The Morgan fingerprint density at radius 3 is 2.31 bits per heavy atom. The molecule has 1 aliphatic heterocycles. The molecule has 3 N–H and O–H groups in total. The number of carbonyl (C=O) groups excluding carboxylic acids is 2. The minimum Gasteiger partial charge on any atom is -0.455 e. The molecule has 0 radical (unpaired) electrons. The van der Waals surface area contributed by atoms with Crippen molar-refractivity contribution in [3.05, 3.63) is 35.9 Å². The number of hydrogen-bond acceptors (Lipinski definition) is 12. The SMILES string of the molecule is COC[C@]12CN(C)C3[C@@H]4[C@H](OC)C1[C@@]3([C@@H](OC)C[C@H]2O)[C@@H]1C[C@]2(O)[C@H](OC(=O)c3ccccc3)C1[C@]4(OC(C)=O)[C@@H](O)[C@@H]2OC. The first-order chi connectivity index (χ1) is 21.4. The maximum atomic E-state index is 13.7. The molecule has 1 aromatic rings. The molecule has 6 fully saturated rings. The summed E-state index contributed by atoms with van der Waals surface area (Å²) in [6.45, 7) is 2.00. The highest BCUT2D eigenvalue weighted by molar-refractivity contribution is 5.89. The first-order valence-electron chi connectivity index (χ1n) is 15.8. The van der Waals surface area contributed by atoms with Crippen LogP contribution in [0, 0.1) is 34.5 Å². The van der Waals surface area contributed by atoms with Crippen molar-refractivity contribution in [2.24, 2.45) is 34.5 Å². The summed E-state index contributed by atoms with van der Waals surface area (Å²) in [4.78, 5) is 29.1. The zero-order valence-electron chi connectivity index (χ0n) is 26.6. The second kappa shape index (κ2) is 10.4. The van der Waals surface area contributed by atoms with Crippen LogP contribution >= 0.6 is 0 Å². The summed E-state index contributed by atoms with van der Waals surface area (Å²) in [7, 11) is 8.20. The normalized spacial score (nSPS) is 50.7. The Hall–Kier alpha value is -2.16. The van der Waals surface area contributed by atoms with Gasteiger partial charge in [0.1, 0.15) is 23.9 Å². The Morgan fingerprint density at radius 2 is 1.71 bits per heavy atom. The third-order valence-corrected chi connectivity index (χ3v) is 12.9. The summed E-state index contributed by atoms with van der Waals surface area (Å²) >= 11 is 0. The Balaban J connectivity index is 1.52. The number of ether oxygens (including phenoxy) is 6. The molecule has 248 valence electrons. The second-order valence-electron chi connectivity index (χ2n) is 14.3. The number of aliphatic hydroxyl groups excluding tert-OH is 2. The lowest BCUT2D eigenvalue weighted by Gasteiger charge is -2.70. The molecule has 6 aliphatic rings. The third-order valence-electron chi connectivity index (χ3n) is 12.9. The molecule has 1 aromatic carbocycles. The Labute approximate surface area is 262 Å². The highest BCUT2D eigenvalue weighted by atomic mass is 16.6. The zero-order valence-corrected chi connectivity index (χ0v) is 26.6. The largest absolute Gasteiger partial charge is 0.455 e. The minimum atomic E-state index is -1.83. The Kier molecular flexibility index (Phi) is 7.28. The number of piperidine rings is 1. The van der Waals surface area contributed by atoms with E-state index in [4.69, 9.17) is 28.4 Å². The van der Waals surface area contributed by atoms with E-state index in [1.807, 2.05) is 7.05 Å². The van der Waals surface area contributed by atoms with Crippen LogP contribution in [0.4, 0.5) is 0 Å². The van der Waals surface area contributed by atoms with E-state index >= 15 is 0 Å². The van der Waals surface area contributed by atoms with Gasteiger partial charge in [-0.05, 0) is 31.5 Å². The molecule has 5 saturated carbocycles. The van der Waals surface area contributed by atoms with Gasteiger partial charge in [0.25, 0.3) is 0 Å². The van der Waals surface area contributed by atoms with Crippen LogP contribution in [0.15, 0.2) is 30.3 Å². The van der Waals surface area contributed by atoms with Gasteiger partial charge >= 0.3 is 11.9 Å². The number of benzene rings is 1. The van der Waals surface area contributed by atoms with Crippen molar-refractivity contribution >= 4 is 11.9 Å². The fourth-order valence-electron chi connectivity index (χ4n) is 12.2. The molecule has 12 nitrogen and oxygen atoms in total. The molecule has 3 unspecified atom stereocenters. The van der Waals surface area contributed by atoms with E-state index in [0.717, 1.165) is 0 Å². The van der Waals surface area contributed by atoms with E-state index in [0.29, 0.717) is 18.5 Å². The summed E-state index contributed by atoms with van der Waals surface area (Å²) in [6.07, 6.45) is -5.50. The van der Waals surface area contributed by atoms with E-state index in [-0.39, 0.29) is 25.0 Å². The van der Waals surface area contributed by atoms with Crippen molar-refractivity contribution in [3.8, 4) is 0 Å². The summed E-state index contributed by atoms with van der Waals surface area (Å²) in [5.41, 5.74) is -4.79. The quantitative estimate of drug-likeness (QED) is 0.337. The van der Waals surface area contributed by atoms with Crippen molar-refractivity contribution in [3.63, 3.8) is 0 Å². The summed E-state index contributed by atoms with van der Waals surface area (Å²) in [6, 6.07) is 8.15. The molecular formula is C33H45NO11. The molecular weight excluding hydrogens is 586 g/mol. The fraction of sp³-hybridized carbons (Fsp3) is 0.758. The van der Waals surface area contributed by atoms with Gasteiger partial charge in [0.2, 0.25) is 0 Å². The number of carbonyl (C=O) groups is 2. The molecule has 5 aliphatic carbocycles. The van der Waals surface area contributed by atoms with Crippen molar-refractivity contribution in [1.29, 1.82) is 0 Å². The number of nitrogens with zero attached hydrogens (tertiary/aromatic N) is 1. The maximum absolute atomic E-state index is 13.7. The van der Waals surface area contributed by atoms with E-state index < -0.39 is 88.3 Å². The van der Waals surface area contributed by atoms with Crippen LogP contribution in [-0.2, 0) is 33.2 Å². The summed E-state index contributed by atoms with van der Waals surface area (Å²) < 4.78 is 37.2. The molecule has 7 rings (SSSR count). The molecule has 0 aromatic heterocycles. The number of methoxy groups -OCH3 is 4. The van der Waals surface area contributed by atoms with Gasteiger partial charge in [0.15, 0.2) is 5.60 Å². The van der Waals surface area contributed by atoms with E-state index in [1.165, 1.54) is 14.0 Å². The Bertz CT molecular complexity index is 1350. The standard InChI is InChI=1S/C33H45NO11/c1-16(35)45-33-21-18(13-31(39,28(43-6)26(33)37)27(21)44-29(38)17-10-8-7-9-11-17)32-20(41-4)12-19(36)30(15-40-3)14-34(2)25(32)22(33)23(42-5)24(30)32/h7-11,18-28,36-37,39H,12-15H2,1-6H3/t18-,19-,20+,21?,22+,23+,24?,25?,26+,27-,28+,30+,31+,32+,33-/m1/s1. The average molecular weight is 632 g/mol. The van der Waals surface area contributed by atoms with Crippen molar-refractivity contribution < 1.29 is 53.3 Å². The van der Waals surface area contributed by atoms with E-state index in [1.54, 1.807) is 51.7 Å². The third kappa shape index (κ3) is 3.55. The van der Waals surface area contributed by atoms with Gasteiger partial charge < -0.3 is 48.6 Å². The van der Waals surface area contributed by atoms with Crippen LogP contribution in [-0.4, -0.2) is 135 Å². The average Bonchev–Trinajstić information content (AvgIpc) is 3.40. The zero-order chi connectivity index (χ0) is 32.3. The number of hydrogen-bond donors (Lipinski definition) is 3. The lowest BCUT2D eigenvalue weighted by Crippen LogP contribution is -2.81. The van der Waals surface area contributed by atoms with E-state index in [9.17, 15) is 24.9 Å². The number of aliphatic hydroxyl groups is 3. The molecule has 15 atom stereocenters. The predicted molar refractivity (Wildman–Crippen MR) is 156 cm³/mol. The molecule has 1 spiro atoms. The molecule has 0 amide bonds. The first kappa shape index (κ1) is 31.4. The highest BCUT2D eigenvalue weighted by Gasteiger charge is 2.92. The number of likely N-dealkylation sites (tertiary alicyclic amines) is 1. The summed E-state index contributed by atoms with van der Waals surface area (Å²) in [5, 5.41) is 37.0. The number of esters is 2. The van der Waals surface area contributed by atoms with Crippen LogP contribution in [0.3, 0.4) is 0 Å². The van der Waals surface area contributed by atoms with Crippen molar-refractivity contribution in [2.45, 2.75) is 73.6 Å². The highest BCUT2D eigenvalue weighted by Crippen LogP contribution is 2.80. The molecule has 1 heterocycles. The van der Waals surface area contributed by atoms with Gasteiger partial charge in [-0.25, -0.2) is 4.79 Å². The second-order valence-corrected chi connectivity index (χ2v) is 14.3. The lowest BCUT2D eigenvalue weighted by atomic mass is 9.42. The van der Waals surface area contributed by atoms with Gasteiger partial charge in [-0.3, -0.25) is 4.79 Å². The van der Waals surface area contributed by atoms with Gasteiger partial charge in [-0.2, -0.15) is 0 Å². The van der Waals surface area contributed by atoms with E-state index in [2.05, 4.69) is 4.90 Å². The minimum absolute atomic E-state index is 0.0754. The molecule has 12 heteroatoms. The van der Waals surface area contributed by atoms with Gasteiger partial charge in [0.05, 0.1) is 30.5 Å². The maximum Gasteiger partial charge on any atom is 0.338 e. The first-order valence-corrected chi connectivity index (χ1v) is 15.8. The van der Waals surface area contributed by atoms with Crippen LogP contribution in [0.2, 0.25) is 0 Å². The molecule has 45 heavy (non-hydrogen) atoms. The van der Waals surface area contributed by atoms with Crippen molar-refractivity contribution in [2.75, 3.05) is 48.6 Å². The molecule has 1 saturated heterocycles. The number of rotatable bonds is 8. The van der Waals surface area contributed by atoms with Gasteiger partial charge in [0, 0.05) is 83.0 Å². The number of fused-ring (bicyclic) bond motifs is 2. The Morgan fingerprint density at radius 1 is 1.00 bits per heavy atom. The molecule has 7 bridgehead atoms. The van der Waals surface area contributed by atoms with Gasteiger partial charge in [-0.15, -0.1) is 0 Å². The van der Waals surface area contributed by atoms with Crippen LogP contribution in [0.25, 0.3) is 0 Å². The topological polar surface area (TPSA) is 153 Å². The fourth-order valence-corrected chi connectivity index (χ4v) is 12.2. The van der Waals surface area contributed by atoms with Crippen LogP contribution in [0.5, 0.6) is 0 Å². The lowest BCUT2D eigenvalue weighted by molar-refractivity contribution is -0.321. The smallest absolute Gasteiger partial charge is 0.338 e. The van der Waals surface area contributed by atoms with Crippen LogP contribution < -0.4 is 0 Å².